The van der Waals surface area contributed by atoms with E-state index in [-0.39, 0.29) is 30.7 Å². The van der Waals surface area contributed by atoms with Gasteiger partial charge in [-0.15, -0.1) is 0 Å². The number of ether oxygens (including phenoxy) is 1. The molecule has 0 saturated heterocycles. The molecular weight excluding hydrogens is 534 g/mol. The minimum atomic E-state index is -0.493. The van der Waals surface area contributed by atoms with Gasteiger partial charge in [0.2, 0.25) is 11.8 Å². The number of nitrogens with zero attached hydrogens (tertiary/aromatic N) is 3. The summed E-state index contributed by atoms with van der Waals surface area (Å²) in [6.45, 7) is 0.486. The number of carbonyl (C=O) groups is 4. The molecule has 0 bridgehead atoms. The lowest BCUT2D eigenvalue weighted by molar-refractivity contribution is -0.129. The van der Waals surface area contributed by atoms with Crippen molar-refractivity contribution in [3.8, 4) is 0 Å². The van der Waals surface area contributed by atoms with Crippen LogP contribution < -0.4 is 15.5 Å². The van der Waals surface area contributed by atoms with E-state index in [4.69, 9.17) is 4.74 Å². The van der Waals surface area contributed by atoms with Gasteiger partial charge in [0.15, 0.2) is 0 Å². The van der Waals surface area contributed by atoms with E-state index in [1.807, 2.05) is 49.3 Å². The SMILES string of the molecule is COC(=O)c1ccc2c(c1)NC(=O)C2=C(Nc1ccc(N(CC(=O)N(C)C)C(=O)CCN(C)C)cc1)c1ccccc1. The lowest BCUT2D eigenvalue weighted by Crippen LogP contribution is -2.41. The second-order valence-corrected chi connectivity index (χ2v) is 10.3. The Morgan fingerprint density at radius 3 is 2.17 bits per heavy atom. The molecule has 10 heteroatoms. The lowest BCUT2D eigenvalue weighted by atomic mass is 9.99. The van der Waals surface area contributed by atoms with Gasteiger partial charge in [0.25, 0.3) is 5.91 Å². The number of likely N-dealkylation sites (N-methyl/N-ethyl adjacent to an activating group) is 1. The quantitative estimate of drug-likeness (QED) is 0.282. The van der Waals surface area contributed by atoms with Crippen LogP contribution >= 0.6 is 0 Å². The lowest BCUT2D eigenvalue weighted by Gasteiger charge is -2.25. The van der Waals surface area contributed by atoms with Gasteiger partial charge in [0.05, 0.1) is 29.6 Å². The highest BCUT2D eigenvalue weighted by molar-refractivity contribution is 6.37. The topological polar surface area (TPSA) is 111 Å². The predicted molar refractivity (Wildman–Crippen MR) is 164 cm³/mol. The Morgan fingerprint density at radius 2 is 1.55 bits per heavy atom. The van der Waals surface area contributed by atoms with Crippen molar-refractivity contribution in [1.29, 1.82) is 0 Å². The maximum atomic E-state index is 13.3. The minimum absolute atomic E-state index is 0.0735. The molecule has 0 aromatic heterocycles. The second-order valence-electron chi connectivity index (χ2n) is 10.3. The molecule has 0 saturated carbocycles. The van der Waals surface area contributed by atoms with E-state index in [1.165, 1.54) is 16.9 Å². The van der Waals surface area contributed by atoms with Crippen molar-refractivity contribution in [2.45, 2.75) is 6.42 Å². The van der Waals surface area contributed by atoms with Gasteiger partial charge in [-0.1, -0.05) is 36.4 Å². The molecule has 1 heterocycles. The number of methoxy groups -OCH3 is 1. The van der Waals surface area contributed by atoms with Crippen LogP contribution in [-0.4, -0.2) is 81.9 Å². The first-order chi connectivity index (χ1) is 20.1. The van der Waals surface area contributed by atoms with Crippen LogP contribution in [0.3, 0.4) is 0 Å². The number of anilines is 3. The summed E-state index contributed by atoms with van der Waals surface area (Å²) >= 11 is 0. The standard InChI is InChI=1S/C32H35N5O5/c1-35(2)18-17-27(38)37(20-28(39)36(3)4)24-14-12-23(13-15-24)33-30(21-9-7-6-8-10-21)29-25-16-11-22(32(41)42-5)19-26(25)34-31(29)40/h6-16,19,33H,17-18,20H2,1-5H3,(H,34,40). The Hall–Kier alpha value is -4.96. The molecule has 218 valence electrons. The number of benzene rings is 3. The normalized spacial score (nSPS) is 13.2. The highest BCUT2D eigenvalue weighted by atomic mass is 16.5. The third-order valence-corrected chi connectivity index (χ3v) is 6.81. The summed E-state index contributed by atoms with van der Waals surface area (Å²) in [6.07, 6.45) is 0.268. The zero-order valence-electron chi connectivity index (χ0n) is 24.4. The van der Waals surface area contributed by atoms with Gasteiger partial charge in [-0.3, -0.25) is 14.4 Å². The van der Waals surface area contributed by atoms with E-state index in [9.17, 15) is 19.2 Å². The molecule has 3 aromatic carbocycles. The Kier molecular flexibility index (Phi) is 9.39. The van der Waals surface area contributed by atoms with E-state index in [0.29, 0.717) is 46.0 Å². The first kappa shape index (κ1) is 30.0. The Labute approximate surface area is 245 Å². The molecule has 0 fully saturated rings. The van der Waals surface area contributed by atoms with Gasteiger partial charge >= 0.3 is 5.97 Å². The van der Waals surface area contributed by atoms with Crippen molar-refractivity contribution in [2.24, 2.45) is 0 Å². The van der Waals surface area contributed by atoms with E-state index >= 15 is 0 Å². The van der Waals surface area contributed by atoms with E-state index in [0.717, 1.165) is 5.56 Å². The molecule has 42 heavy (non-hydrogen) atoms. The molecule has 0 unspecified atom stereocenters. The van der Waals surface area contributed by atoms with Gasteiger partial charge in [0, 0.05) is 44.0 Å². The highest BCUT2D eigenvalue weighted by Crippen LogP contribution is 2.38. The summed E-state index contributed by atoms with van der Waals surface area (Å²) in [4.78, 5) is 55.8. The molecule has 1 aliphatic heterocycles. The number of amides is 3. The zero-order chi connectivity index (χ0) is 30.4. The van der Waals surface area contributed by atoms with Crippen LogP contribution in [-0.2, 0) is 19.1 Å². The molecule has 0 atom stereocenters. The predicted octanol–water partition coefficient (Wildman–Crippen LogP) is 3.78. The van der Waals surface area contributed by atoms with E-state index in [1.54, 1.807) is 56.6 Å². The number of hydrogen-bond donors (Lipinski definition) is 2. The smallest absolute Gasteiger partial charge is 0.337 e. The maximum Gasteiger partial charge on any atom is 0.337 e. The summed E-state index contributed by atoms with van der Waals surface area (Å²) in [6, 6.07) is 21.6. The molecule has 0 aliphatic carbocycles. The van der Waals surface area contributed by atoms with Crippen LogP contribution in [0.25, 0.3) is 11.3 Å². The molecule has 0 radical (unpaired) electrons. The van der Waals surface area contributed by atoms with E-state index < -0.39 is 5.97 Å². The molecule has 3 amide bonds. The number of esters is 1. The van der Waals surface area contributed by atoms with Crippen LogP contribution in [0.15, 0.2) is 72.8 Å². The van der Waals surface area contributed by atoms with Crippen molar-refractivity contribution < 1.29 is 23.9 Å². The average molecular weight is 570 g/mol. The minimum Gasteiger partial charge on any atom is -0.465 e. The molecular formula is C32H35N5O5. The van der Waals surface area contributed by atoms with E-state index in [2.05, 4.69) is 10.6 Å². The largest absolute Gasteiger partial charge is 0.465 e. The van der Waals surface area contributed by atoms with Crippen molar-refractivity contribution in [2.75, 3.05) is 63.9 Å². The fourth-order valence-electron chi connectivity index (χ4n) is 4.47. The Morgan fingerprint density at radius 1 is 0.857 bits per heavy atom. The monoisotopic (exact) mass is 569 g/mol. The van der Waals surface area contributed by atoms with Crippen LogP contribution in [0.2, 0.25) is 0 Å². The summed E-state index contributed by atoms with van der Waals surface area (Å²) in [5.41, 5.74) is 4.55. The molecule has 1 aliphatic rings. The van der Waals surface area contributed by atoms with Crippen molar-refractivity contribution in [1.82, 2.24) is 9.80 Å². The van der Waals surface area contributed by atoms with Crippen LogP contribution in [0.1, 0.15) is 27.9 Å². The Balaban J connectivity index is 1.70. The van der Waals surface area contributed by atoms with Gasteiger partial charge in [-0.2, -0.15) is 0 Å². The van der Waals surface area contributed by atoms with Crippen LogP contribution in [0.5, 0.6) is 0 Å². The van der Waals surface area contributed by atoms with Crippen LogP contribution in [0, 0.1) is 0 Å². The van der Waals surface area contributed by atoms with Crippen LogP contribution in [0.4, 0.5) is 17.1 Å². The fraction of sp³-hybridized carbons (Fsp3) is 0.250. The number of rotatable bonds is 10. The average Bonchev–Trinajstić information content (AvgIpc) is 3.32. The maximum absolute atomic E-state index is 13.3. The second kappa shape index (κ2) is 13.1. The molecule has 0 spiro atoms. The van der Waals surface area contributed by atoms with Gasteiger partial charge < -0.3 is 30.1 Å². The first-order valence-electron chi connectivity index (χ1n) is 13.4. The first-order valence-corrected chi connectivity index (χ1v) is 13.4. The van der Waals surface area contributed by atoms with Crippen molar-refractivity contribution >= 4 is 52.0 Å². The van der Waals surface area contributed by atoms with Gasteiger partial charge in [-0.25, -0.2) is 4.79 Å². The third kappa shape index (κ3) is 6.84. The number of carbonyl (C=O) groups excluding carboxylic acids is 4. The molecule has 2 N–H and O–H groups in total. The van der Waals surface area contributed by atoms with Crippen molar-refractivity contribution in [3.63, 3.8) is 0 Å². The summed E-state index contributed by atoms with van der Waals surface area (Å²) in [5, 5.41) is 6.25. The fourth-order valence-corrected chi connectivity index (χ4v) is 4.47. The highest BCUT2D eigenvalue weighted by Gasteiger charge is 2.29. The van der Waals surface area contributed by atoms with Gasteiger partial charge in [-0.05, 0) is 56.1 Å². The number of hydrogen-bond acceptors (Lipinski definition) is 7. The van der Waals surface area contributed by atoms with Gasteiger partial charge in [0.1, 0.15) is 6.54 Å². The Bertz CT molecular complexity index is 1510. The molecule has 3 aromatic rings. The third-order valence-electron chi connectivity index (χ3n) is 6.81. The number of nitrogens with one attached hydrogen (secondary N) is 2. The molecule has 4 rings (SSSR count). The number of fused-ring (bicyclic) bond motifs is 1. The summed E-state index contributed by atoms with van der Waals surface area (Å²) in [7, 11) is 8.40. The zero-order valence-corrected chi connectivity index (χ0v) is 24.4. The van der Waals surface area contributed by atoms with Crippen molar-refractivity contribution in [3.05, 3.63) is 89.5 Å². The summed E-state index contributed by atoms with van der Waals surface area (Å²) < 4.78 is 4.82. The summed E-state index contributed by atoms with van der Waals surface area (Å²) in [5.74, 6) is -1.15. The molecule has 10 nitrogen and oxygen atoms in total.